The normalized spacial score (nSPS) is 18.2. The van der Waals surface area contributed by atoms with E-state index >= 15 is 0 Å². The van der Waals surface area contributed by atoms with Crippen molar-refractivity contribution >= 4 is 5.91 Å². The Morgan fingerprint density at radius 1 is 1.26 bits per heavy atom. The Morgan fingerprint density at radius 3 is 2.78 bits per heavy atom. The third-order valence-electron chi connectivity index (χ3n) is 4.46. The van der Waals surface area contributed by atoms with Crippen LogP contribution in [0.1, 0.15) is 38.2 Å². The number of piperidine rings is 1. The number of amides is 1. The third kappa shape index (κ3) is 3.57. The van der Waals surface area contributed by atoms with Crippen LogP contribution >= 0.6 is 0 Å². The summed E-state index contributed by atoms with van der Waals surface area (Å²) in [5.41, 5.74) is 2.10. The number of hydrogen-bond donors (Lipinski definition) is 0. The number of tetrazole rings is 1. The number of carbonyl (C=O) groups is 1. The van der Waals surface area contributed by atoms with Crippen molar-refractivity contribution in [3.63, 3.8) is 0 Å². The fraction of sp³-hybridized carbons (Fsp3) is 0.529. The molecule has 0 radical (unpaired) electrons. The zero-order valence-corrected chi connectivity index (χ0v) is 13.8. The smallest absolute Gasteiger partial charge is 0.246 e. The van der Waals surface area contributed by atoms with Crippen molar-refractivity contribution in [2.24, 2.45) is 0 Å². The molecule has 1 saturated heterocycles. The Kier molecular flexibility index (Phi) is 4.69. The van der Waals surface area contributed by atoms with Crippen LogP contribution in [0.3, 0.4) is 0 Å². The molecule has 6 nitrogen and oxygen atoms in total. The van der Waals surface area contributed by atoms with Crippen LogP contribution in [0.25, 0.3) is 11.4 Å². The molecule has 1 aliphatic heterocycles. The van der Waals surface area contributed by atoms with Crippen LogP contribution in [0.4, 0.5) is 0 Å². The van der Waals surface area contributed by atoms with Gasteiger partial charge in [0.1, 0.15) is 6.54 Å². The molecule has 0 saturated carbocycles. The summed E-state index contributed by atoms with van der Waals surface area (Å²) in [5.74, 6) is 0.646. The SMILES string of the molecule is CC[C@H]1CCCCN1C(=O)Cn1nnc(-c2ccc(C)cc2)n1. The summed E-state index contributed by atoms with van der Waals surface area (Å²) in [6.07, 6.45) is 4.40. The Bertz CT molecular complexity index is 664. The molecular weight excluding hydrogens is 290 g/mol. The van der Waals surface area contributed by atoms with Crippen molar-refractivity contribution in [1.82, 2.24) is 25.1 Å². The van der Waals surface area contributed by atoms with Crippen molar-refractivity contribution in [2.75, 3.05) is 6.54 Å². The van der Waals surface area contributed by atoms with Crippen LogP contribution in [0.2, 0.25) is 0 Å². The highest BCUT2D eigenvalue weighted by Gasteiger charge is 2.25. The van der Waals surface area contributed by atoms with E-state index in [2.05, 4.69) is 22.3 Å². The molecule has 0 aliphatic carbocycles. The van der Waals surface area contributed by atoms with E-state index in [0.29, 0.717) is 11.9 Å². The first-order chi connectivity index (χ1) is 11.2. The minimum atomic E-state index is 0.0874. The standard InChI is InChI=1S/C17H23N5O/c1-3-15-6-4-5-11-21(15)16(23)12-22-19-17(18-20-22)14-9-7-13(2)8-10-14/h7-10,15H,3-6,11-12H2,1-2H3/t15-/m0/s1. The predicted molar refractivity (Wildman–Crippen MR) is 87.6 cm³/mol. The highest BCUT2D eigenvalue weighted by molar-refractivity contribution is 5.76. The second-order valence-electron chi connectivity index (χ2n) is 6.15. The first-order valence-corrected chi connectivity index (χ1v) is 8.31. The minimum Gasteiger partial charge on any atom is -0.338 e. The molecule has 1 atom stereocenters. The van der Waals surface area contributed by atoms with E-state index < -0.39 is 0 Å². The predicted octanol–water partition coefficient (Wildman–Crippen LogP) is 2.44. The van der Waals surface area contributed by atoms with E-state index in [1.54, 1.807) is 0 Å². The molecule has 1 aromatic heterocycles. The fourth-order valence-corrected chi connectivity index (χ4v) is 3.09. The number of carbonyl (C=O) groups excluding carboxylic acids is 1. The van der Waals surface area contributed by atoms with Crippen LogP contribution in [0.5, 0.6) is 0 Å². The first-order valence-electron chi connectivity index (χ1n) is 8.31. The lowest BCUT2D eigenvalue weighted by Crippen LogP contribution is -2.45. The van der Waals surface area contributed by atoms with Gasteiger partial charge in [0.25, 0.3) is 0 Å². The van der Waals surface area contributed by atoms with Gasteiger partial charge in [0.05, 0.1) is 0 Å². The monoisotopic (exact) mass is 313 g/mol. The average molecular weight is 313 g/mol. The number of hydrogen-bond acceptors (Lipinski definition) is 4. The van der Waals surface area contributed by atoms with Gasteiger partial charge < -0.3 is 4.90 Å². The molecular formula is C17H23N5O. The highest BCUT2D eigenvalue weighted by Crippen LogP contribution is 2.20. The summed E-state index contributed by atoms with van der Waals surface area (Å²) in [6, 6.07) is 8.32. The van der Waals surface area contributed by atoms with E-state index in [0.717, 1.165) is 31.4 Å². The zero-order valence-electron chi connectivity index (χ0n) is 13.8. The van der Waals surface area contributed by atoms with E-state index in [1.165, 1.54) is 16.8 Å². The first kappa shape index (κ1) is 15.6. The number of rotatable bonds is 4. The van der Waals surface area contributed by atoms with Crippen LogP contribution in [-0.2, 0) is 11.3 Å². The molecule has 3 rings (SSSR count). The molecule has 6 heteroatoms. The number of aryl methyl sites for hydroxylation is 1. The zero-order chi connectivity index (χ0) is 16.2. The molecule has 122 valence electrons. The summed E-state index contributed by atoms with van der Waals surface area (Å²) in [7, 11) is 0. The molecule has 1 amide bonds. The molecule has 0 spiro atoms. The van der Waals surface area contributed by atoms with Gasteiger partial charge in [0, 0.05) is 18.2 Å². The lowest BCUT2D eigenvalue weighted by Gasteiger charge is -2.35. The number of likely N-dealkylation sites (tertiary alicyclic amines) is 1. The lowest BCUT2D eigenvalue weighted by atomic mass is 10.00. The van der Waals surface area contributed by atoms with E-state index in [4.69, 9.17) is 0 Å². The number of nitrogens with zero attached hydrogens (tertiary/aromatic N) is 5. The summed E-state index contributed by atoms with van der Waals surface area (Å²) < 4.78 is 0. The molecule has 2 aromatic rings. The summed E-state index contributed by atoms with van der Waals surface area (Å²) in [4.78, 5) is 15.9. The van der Waals surface area contributed by atoms with Crippen LogP contribution < -0.4 is 0 Å². The van der Waals surface area contributed by atoms with E-state index in [9.17, 15) is 4.79 Å². The van der Waals surface area contributed by atoms with Crippen molar-refractivity contribution in [3.05, 3.63) is 29.8 Å². The van der Waals surface area contributed by atoms with E-state index in [1.807, 2.05) is 36.1 Å². The van der Waals surface area contributed by atoms with Crippen molar-refractivity contribution in [2.45, 2.75) is 52.1 Å². The largest absolute Gasteiger partial charge is 0.338 e. The maximum Gasteiger partial charge on any atom is 0.246 e. The Balaban J connectivity index is 1.68. The molecule has 2 heterocycles. The van der Waals surface area contributed by atoms with Gasteiger partial charge >= 0.3 is 0 Å². The summed E-state index contributed by atoms with van der Waals surface area (Å²) >= 11 is 0. The van der Waals surface area contributed by atoms with Gasteiger partial charge in [-0.2, -0.15) is 4.80 Å². The molecule has 0 bridgehead atoms. The van der Waals surface area contributed by atoms with Crippen LogP contribution in [0, 0.1) is 6.92 Å². The van der Waals surface area contributed by atoms with Gasteiger partial charge in [-0.3, -0.25) is 4.79 Å². The van der Waals surface area contributed by atoms with Crippen molar-refractivity contribution < 1.29 is 4.79 Å². The molecule has 1 aliphatic rings. The maximum atomic E-state index is 12.5. The number of aromatic nitrogens is 4. The number of benzene rings is 1. The van der Waals surface area contributed by atoms with Gasteiger partial charge in [0.2, 0.25) is 11.7 Å². The lowest BCUT2D eigenvalue weighted by molar-refractivity contribution is -0.136. The van der Waals surface area contributed by atoms with Crippen LogP contribution in [-0.4, -0.2) is 43.6 Å². The van der Waals surface area contributed by atoms with Gasteiger partial charge in [-0.05, 0) is 37.8 Å². The van der Waals surface area contributed by atoms with Crippen LogP contribution in [0.15, 0.2) is 24.3 Å². The Morgan fingerprint density at radius 2 is 2.04 bits per heavy atom. The minimum absolute atomic E-state index is 0.0874. The topological polar surface area (TPSA) is 63.9 Å². The molecule has 0 unspecified atom stereocenters. The summed E-state index contributed by atoms with van der Waals surface area (Å²) in [6.45, 7) is 5.18. The Hall–Kier alpha value is -2.24. The fourth-order valence-electron chi connectivity index (χ4n) is 3.09. The maximum absolute atomic E-state index is 12.5. The quantitative estimate of drug-likeness (QED) is 0.869. The van der Waals surface area contributed by atoms with Gasteiger partial charge in [0.15, 0.2) is 0 Å². The second-order valence-corrected chi connectivity index (χ2v) is 6.15. The molecule has 23 heavy (non-hydrogen) atoms. The molecule has 0 N–H and O–H groups in total. The van der Waals surface area contributed by atoms with Crippen molar-refractivity contribution in [3.8, 4) is 11.4 Å². The molecule has 1 aromatic carbocycles. The van der Waals surface area contributed by atoms with Gasteiger partial charge in [-0.25, -0.2) is 0 Å². The third-order valence-corrected chi connectivity index (χ3v) is 4.46. The highest BCUT2D eigenvalue weighted by atomic mass is 16.2. The summed E-state index contributed by atoms with van der Waals surface area (Å²) in [5, 5.41) is 12.4. The average Bonchev–Trinajstić information content (AvgIpc) is 3.04. The molecule has 1 fully saturated rings. The van der Waals surface area contributed by atoms with Crippen molar-refractivity contribution in [1.29, 1.82) is 0 Å². The second kappa shape index (κ2) is 6.89. The van der Waals surface area contributed by atoms with E-state index in [-0.39, 0.29) is 12.5 Å². The van der Waals surface area contributed by atoms with Gasteiger partial charge in [-0.1, -0.05) is 36.8 Å². The Labute approximate surface area is 136 Å². The van der Waals surface area contributed by atoms with Gasteiger partial charge in [-0.15, -0.1) is 10.2 Å².